The number of hydrogen-bond donors (Lipinski definition) is 1. The van der Waals surface area contributed by atoms with Gasteiger partial charge in [-0.3, -0.25) is 19.5 Å². The first-order valence-corrected chi connectivity index (χ1v) is 10.0. The van der Waals surface area contributed by atoms with Crippen LogP contribution in [0.2, 0.25) is 0 Å². The Morgan fingerprint density at radius 1 is 1.23 bits per heavy atom. The number of fused-ring (bicyclic) bond motifs is 1. The molecule has 1 aromatic carbocycles. The lowest BCUT2D eigenvalue weighted by Crippen LogP contribution is -2.33. The summed E-state index contributed by atoms with van der Waals surface area (Å²) in [4.78, 5) is 35.9. The molecule has 0 saturated heterocycles. The number of rotatable bonds is 8. The molecule has 9 heteroatoms. The predicted octanol–water partition coefficient (Wildman–Crippen LogP) is 3.34. The molecule has 164 valence electrons. The minimum atomic E-state index is -0.500. The van der Waals surface area contributed by atoms with Gasteiger partial charge >= 0.3 is 0 Å². The van der Waals surface area contributed by atoms with Crippen molar-refractivity contribution >= 4 is 28.9 Å². The Labute approximate surface area is 180 Å². The Morgan fingerprint density at radius 3 is 2.68 bits per heavy atom. The summed E-state index contributed by atoms with van der Waals surface area (Å²) in [6.45, 7) is 4.82. The van der Waals surface area contributed by atoms with Crippen molar-refractivity contribution in [1.82, 2.24) is 19.4 Å². The number of amides is 2. The molecule has 31 heavy (non-hydrogen) atoms. The second kappa shape index (κ2) is 9.65. The van der Waals surface area contributed by atoms with E-state index in [2.05, 4.69) is 15.3 Å². The number of hydrogen-bond acceptors (Lipinski definition) is 5. The number of ether oxygens (including phenoxy) is 1. The number of nitrogens with zero attached hydrogens (tertiary/aromatic N) is 4. The summed E-state index contributed by atoms with van der Waals surface area (Å²) in [7, 11) is 3.33. The van der Waals surface area contributed by atoms with Gasteiger partial charge in [0.15, 0.2) is 5.65 Å². The van der Waals surface area contributed by atoms with Crippen molar-refractivity contribution in [3.63, 3.8) is 0 Å². The lowest BCUT2D eigenvalue weighted by molar-refractivity contribution is 0.0749. The van der Waals surface area contributed by atoms with Gasteiger partial charge in [0.25, 0.3) is 11.8 Å². The highest BCUT2D eigenvalue weighted by atomic mass is 19.1. The summed E-state index contributed by atoms with van der Waals surface area (Å²) in [6, 6.07) is 8.77. The maximum absolute atomic E-state index is 13.5. The molecule has 2 heterocycles. The third kappa shape index (κ3) is 5.05. The highest BCUT2D eigenvalue weighted by Crippen LogP contribution is 2.21. The van der Waals surface area contributed by atoms with Crippen LogP contribution in [0.5, 0.6) is 0 Å². The van der Waals surface area contributed by atoms with Crippen LogP contribution in [0.1, 0.15) is 41.1 Å². The Morgan fingerprint density at radius 2 is 2.00 bits per heavy atom. The largest absolute Gasteiger partial charge is 0.385 e. The van der Waals surface area contributed by atoms with Crippen molar-refractivity contribution in [2.45, 2.75) is 32.9 Å². The summed E-state index contributed by atoms with van der Waals surface area (Å²) in [5.74, 6) is -0.916. The maximum atomic E-state index is 13.5. The first-order valence-electron chi connectivity index (χ1n) is 10.0. The molecule has 0 atom stereocenters. The lowest BCUT2D eigenvalue weighted by atomic mass is 10.2. The number of aryl methyl sites for hydroxylation is 1. The predicted molar refractivity (Wildman–Crippen MR) is 116 cm³/mol. The molecule has 0 radical (unpaired) electrons. The van der Waals surface area contributed by atoms with Crippen LogP contribution < -0.4 is 5.32 Å². The van der Waals surface area contributed by atoms with Crippen molar-refractivity contribution < 1.29 is 18.7 Å². The van der Waals surface area contributed by atoms with Crippen LogP contribution >= 0.6 is 0 Å². The fourth-order valence-electron chi connectivity index (χ4n) is 3.01. The average molecular weight is 427 g/mol. The van der Waals surface area contributed by atoms with Gasteiger partial charge in [0.05, 0.1) is 0 Å². The third-order valence-electron chi connectivity index (χ3n) is 4.95. The van der Waals surface area contributed by atoms with Gasteiger partial charge in [-0.25, -0.2) is 14.4 Å². The highest BCUT2D eigenvalue weighted by Gasteiger charge is 2.20. The zero-order chi connectivity index (χ0) is 22.5. The average Bonchev–Trinajstić information content (AvgIpc) is 3.09. The number of nitrogens with one attached hydrogen (secondary N) is 1. The van der Waals surface area contributed by atoms with Gasteiger partial charge < -0.3 is 9.64 Å². The monoisotopic (exact) mass is 427 g/mol. The molecule has 2 amide bonds. The van der Waals surface area contributed by atoms with Crippen molar-refractivity contribution in [3.8, 4) is 0 Å². The summed E-state index contributed by atoms with van der Waals surface area (Å²) in [6.07, 6.45) is 0.649. The normalized spacial score (nSPS) is 11.2. The quantitative estimate of drug-likeness (QED) is 0.557. The molecular formula is C22H26FN5O3. The number of carbonyl (C=O) groups excluding carboxylic acids is 2. The van der Waals surface area contributed by atoms with Crippen LogP contribution in [0, 0.1) is 5.82 Å². The summed E-state index contributed by atoms with van der Waals surface area (Å²) in [5.41, 5.74) is 1.49. The number of imidazole rings is 1. The molecule has 8 nitrogen and oxygen atoms in total. The van der Waals surface area contributed by atoms with Gasteiger partial charge in [-0.15, -0.1) is 0 Å². The molecular weight excluding hydrogens is 401 g/mol. The number of pyridine rings is 1. The van der Waals surface area contributed by atoms with E-state index in [1.165, 1.54) is 18.2 Å². The Bertz CT molecular complexity index is 1100. The molecule has 0 aliphatic carbocycles. The number of halogens is 1. The van der Waals surface area contributed by atoms with Gasteiger partial charge in [0, 0.05) is 38.9 Å². The van der Waals surface area contributed by atoms with E-state index >= 15 is 0 Å². The molecule has 2 aromatic heterocycles. The molecule has 1 N–H and O–H groups in total. The minimum absolute atomic E-state index is 0.0257. The van der Waals surface area contributed by atoms with E-state index in [1.807, 2.05) is 13.8 Å². The highest BCUT2D eigenvalue weighted by molar-refractivity contribution is 6.04. The standard InChI is InChI=1S/C22H26FN5O3/c1-14(2)27(3)21(30)18-10-9-17-19(24-18)28(11-6-12-31-4)22(25-17)26-20(29)15-7-5-8-16(23)13-15/h5,7-10,13-14H,6,11-12H2,1-4H3,(H,25,26,29). The van der Waals surface area contributed by atoms with Gasteiger partial charge in [-0.1, -0.05) is 6.07 Å². The van der Waals surface area contributed by atoms with Crippen LogP contribution in [0.4, 0.5) is 10.3 Å². The zero-order valence-electron chi connectivity index (χ0n) is 18.1. The van der Waals surface area contributed by atoms with E-state index in [1.54, 1.807) is 35.8 Å². The second-order valence-corrected chi connectivity index (χ2v) is 7.45. The number of aromatic nitrogens is 3. The van der Waals surface area contributed by atoms with E-state index in [-0.39, 0.29) is 23.5 Å². The van der Waals surface area contributed by atoms with Crippen LogP contribution in [0.25, 0.3) is 11.2 Å². The molecule has 0 bridgehead atoms. The number of anilines is 1. The van der Waals surface area contributed by atoms with Crippen LogP contribution in [-0.4, -0.2) is 58.1 Å². The third-order valence-corrected chi connectivity index (χ3v) is 4.95. The Balaban J connectivity index is 1.98. The fraction of sp³-hybridized carbons (Fsp3) is 0.364. The molecule has 0 fully saturated rings. The van der Waals surface area contributed by atoms with E-state index in [9.17, 15) is 14.0 Å². The molecule has 0 saturated carbocycles. The molecule has 3 rings (SSSR count). The zero-order valence-corrected chi connectivity index (χ0v) is 18.1. The van der Waals surface area contributed by atoms with Crippen molar-refractivity contribution in [2.24, 2.45) is 0 Å². The second-order valence-electron chi connectivity index (χ2n) is 7.45. The maximum Gasteiger partial charge on any atom is 0.272 e. The summed E-state index contributed by atoms with van der Waals surface area (Å²) < 4.78 is 20.4. The Hall–Kier alpha value is -3.33. The SMILES string of the molecule is COCCCn1c(NC(=O)c2cccc(F)c2)nc2ccc(C(=O)N(C)C(C)C)nc21. The van der Waals surface area contributed by atoms with Gasteiger partial charge in [0.1, 0.15) is 17.0 Å². The summed E-state index contributed by atoms with van der Waals surface area (Å²) >= 11 is 0. The molecule has 0 aliphatic rings. The van der Waals surface area contributed by atoms with Crippen LogP contribution in [0.15, 0.2) is 36.4 Å². The Kier molecular flexibility index (Phi) is 6.96. The first kappa shape index (κ1) is 22.4. The smallest absolute Gasteiger partial charge is 0.272 e. The molecule has 0 unspecified atom stereocenters. The van der Waals surface area contributed by atoms with E-state index in [0.717, 1.165) is 6.07 Å². The molecule has 0 spiro atoms. The van der Waals surface area contributed by atoms with E-state index in [0.29, 0.717) is 36.4 Å². The van der Waals surface area contributed by atoms with Crippen LogP contribution in [-0.2, 0) is 11.3 Å². The van der Waals surface area contributed by atoms with Crippen LogP contribution in [0.3, 0.4) is 0 Å². The number of carbonyl (C=O) groups is 2. The van der Waals surface area contributed by atoms with Crippen molar-refractivity contribution in [2.75, 3.05) is 26.1 Å². The molecule has 0 aliphatic heterocycles. The van der Waals surface area contributed by atoms with Crippen molar-refractivity contribution in [3.05, 3.63) is 53.5 Å². The topological polar surface area (TPSA) is 89.3 Å². The molecule has 3 aromatic rings. The minimum Gasteiger partial charge on any atom is -0.385 e. The van der Waals surface area contributed by atoms with Crippen molar-refractivity contribution in [1.29, 1.82) is 0 Å². The summed E-state index contributed by atoms with van der Waals surface area (Å²) in [5, 5.41) is 2.73. The first-order chi connectivity index (χ1) is 14.8. The van der Waals surface area contributed by atoms with Gasteiger partial charge in [0.2, 0.25) is 5.95 Å². The van der Waals surface area contributed by atoms with Gasteiger partial charge in [-0.05, 0) is 50.6 Å². The van der Waals surface area contributed by atoms with Gasteiger partial charge in [-0.2, -0.15) is 0 Å². The van der Waals surface area contributed by atoms with E-state index in [4.69, 9.17) is 4.74 Å². The van der Waals surface area contributed by atoms with E-state index < -0.39 is 11.7 Å². The number of methoxy groups -OCH3 is 1. The lowest BCUT2D eigenvalue weighted by Gasteiger charge is -2.20. The number of benzene rings is 1. The fourth-order valence-corrected chi connectivity index (χ4v) is 3.01.